The van der Waals surface area contributed by atoms with Crippen molar-refractivity contribution in [2.45, 2.75) is 19.5 Å². The molecule has 2 N–H and O–H groups in total. The first-order chi connectivity index (χ1) is 13.8. The Morgan fingerprint density at radius 2 is 1.76 bits per heavy atom. The summed E-state index contributed by atoms with van der Waals surface area (Å²) < 4.78 is 4.95. The molecular formula is C21H19ClN2O5. The SMILES string of the molecule is COC(=O)C1=C(C)N(Cc2ccc(C(=O)O)cc2)C(=O)NC1c1ccc(Cl)cc1. The number of hydrogen-bond acceptors (Lipinski definition) is 4. The molecule has 0 spiro atoms. The molecule has 2 amide bonds. The van der Waals surface area contributed by atoms with E-state index in [1.807, 2.05) is 0 Å². The van der Waals surface area contributed by atoms with Crippen LogP contribution in [-0.2, 0) is 16.1 Å². The summed E-state index contributed by atoms with van der Waals surface area (Å²) in [5.74, 6) is -1.57. The fourth-order valence-corrected chi connectivity index (χ4v) is 3.31. The van der Waals surface area contributed by atoms with Gasteiger partial charge in [-0.1, -0.05) is 35.9 Å². The Morgan fingerprint density at radius 3 is 2.31 bits per heavy atom. The lowest BCUT2D eigenvalue weighted by molar-refractivity contribution is -0.136. The highest BCUT2D eigenvalue weighted by atomic mass is 35.5. The Labute approximate surface area is 172 Å². The minimum Gasteiger partial charge on any atom is -0.478 e. The molecule has 0 fully saturated rings. The number of ether oxygens (including phenoxy) is 1. The van der Waals surface area contributed by atoms with Crippen molar-refractivity contribution in [3.8, 4) is 0 Å². The number of rotatable bonds is 5. The van der Waals surface area contributed by atoms with Crippen molar-refractivity contribution in [3.63, 3.8) is 0 Å². The summed E-state index contributed by atoms with van der Waals surface area (Å²) >= 11 is 5.94. The van der Waals surface area contributed by atoms with Crippen LogP contribution in [-0.4, -0.2) is 35.1 Å². The summed E-state index contributed by atoms with van der Waals surface area (Å²) in [6.45, 7) is 1.85. The van der Waals surface area contributed by atoms with E-state index in [-0.39, 0.29) is 18.1 Å². The number of amides is 2. The van der Waals surface area contributed by atoms with Gasteiger partial charge in [-0.15, -0.1) is 0 Å². The van der Waals surface area contributed by atoms with E-state index in [2.05, 4.69) is 5.32 Å². The Kier molecular flexibility index (Phi) is 5.89. The van der Waals surface area contributed by atoms with E-state index in [0.717, 1.165) is 5.56 Å². The van der Waals surface area contributed by atoms with Crippen molar-refractivity contribution in [3.05, 3.63) is 81.5 Å². The van der Waals surface area contributed by atoms with Crippen molar-refractivity contribution in [2.24, 2.45) is 0 Å². The van der Waals surface area contributed by atoms with Gasteiger partial charge >= 0.3 is 18.0 Å². The molecule has 0 bridgehead atoms. The normalized spacial score (nSPS) is 16.4. The molecule has 0 aliphatic carbocycles. The number of halogens is 1. The number of hydrogen-bond donors (Lipinski definition) is 2. The monoisotopic (exact) mass is 414 g/mol. The molecule has 0 radical (unpaired) electrons. The van der Waals surface area contributed by atoms with Crippen molar-refractivity contribution >= 4 is 29.6 Å². The number of nitrogens with one attached hydrogen (secondary N) is 1. The van der Waals surface area contributed by atoms with Crippen LogP contribution in [0.25, 0.3) is 0 Å². The molecule has 1 aliphatic rings. The second kappa shape index (κ2) is 8.36. The molecule has 1 atom stereocenters. The van der Waals surface area contributed by atoms with Crippen LogP contribution in [0.3, 0.4) is 0 Å². The predicted octanol–water partition coefficient (Wildman–Crippen LogP) is 3.75. The first-order valence-electron chi connectivity index (χ1n) is 8.76. The molecule has 29 heavy (non-hydrogen) atoms. The molecule has 1 aliphatic heterocycles. The number of esters is 1. The lowest BCUT2D eigenvalue weighted by Gasteiger charge is -2.35. The highest BCUT2D eigenvalue weighted by molar-refractivity contribution is 6.30. The maximum Gasteiger partial charge on any atom is 0.337 e. The molecule has 3 rings (SSSR count). The molecular weight excluding hydrogens is 396 g/mol. The zero-order valence-corrected chi connectivity index (χ0v) is 16.6. The Morgan fingerprint density at radius 1 is 1.14 bits per heavy atom. The molecule has 0 aromatic heterocycles. The lowest BCUT2D eigenvalue weighted by atomic mass is 9.94. The predicted molar refractivity (Wildman–Crippen MR) is 106 cm³/mol. The minimum atomic E-state index is -1.03. The average molecular weight is 415 g/mol. The molecule has 0 saturated heterocycles. The third-order valence-electron chi connectivity index (χ3n) is 4.75. The van der Waals surface area contributed by atoms with E-state index >= 15 is 0 Å². The summed E-state index contributed by atoms with van der Waals surface area (Å²) in [6.07, 6.45) is 0. The molecule has 2 aromatic rings. The van der Waals surface area contributed by atoms with Gasteiger partial charge in [0.1, 0.15) is 0 Å². The molecule has 7 nitrogen and oxygen atoms in total. The van der Waals surface area contributed by atoms with E-state index in [9.17, 15) is 14.4 Å². The standard InChI is InChI=1S/C21H19ClN2O5/c1-12-17(20(27)29-2)18(14-7-9-16(22)10-8-14)23-21(28)24(12)11-13-3-5-15(6-4-13)19(25)26/h3-10,18H,11H2,1-2H3,(H,23,28)(H,25,26). The highest BCUT2D eigenvalue weighted by Gasteiger charge is 2.36. The number of urea groups is 1. The number of methoxy groups -OCH3 is 1. The van der Waals surface area contributed by atoms with Crippen LogP contribution < -0.4 is 5.32 Å². The van der Waals surface area contributed by atoms with E-state index in [1.54, 1.807) is 43.3 Å². The smallest absolute Gasteiger partial charge is 0.337 e. The largest absolute Gasteiger partial charge is 0.478 e. The molecule has 1 heterocycles. The first-order valence-corrected chi connectivity index (χ1v) is 9.14. The minimum absolute atomic E-state index is 0.155. The van der Waals surface area contributed by atoms with Crippen molar-refractivity contribution < 1.29 is 24.2 Å². The topological polar surface area (TPSA) is 95.9 Å². The number of carboxylic acid groups (broad SMARTS) is 1. The van der Waals surface area contributed by atoms with E-state index < -0.39 is 18.0 Å². The molecule has 0 saturated carbocycles. The van der Waals surface area contributed by atoms with E-state index in [0.29, 0.717) is 21.9 Å². The summed E-state index contributed by atoms with van der Waals surface area (Å²) in [4.78, 5) is 37.7. The van der Waals surface area contributed by atoms with Gasteiger partial charge in [0.25, 0.3) is 0 Å². The van der Waals surface area contributed by atoms with Crippen LogP contribution in [0.4, 0.5) is 4.79 Å². The Bertz CT molecular complexity index is 983. The molecule has 1 unspecified atom stereocenters. The summed E-state index contributed by atoms with van der Waals surface area (Å²) in [5.41, 5.74) is 2.35. The number of carboxylic acids is 1. The van der Waals surface area contributed by atoms with Gasteiger partial charge < -0.3 is 15.2 Å². The van der Waals surface area contributed by atoms with Crippen molar-refractivity contribution in [1.82, 2.24) is 10.2 Å². The molecule has 2 aromatic carbocycles. The van der Waals surface area contributed by atoms with Gasteiger partial charge in [-0.3, -0.25) is 4.90 Å². The number of benzene rings is 2. The van der Waals surface area contributed by atoms with Gasteiger partial charge in [-0.25, -0.2) is 14.4 Å². The summed E-state index contributed by atoms with van der Waals surface area (Å²) in [6, 6.07) is 12.0. The van der Waals surface area contributed by atoms with Gasteiger partial charge in [0.15, 0.2) is 0 Å². The van der Waals surface area contributed by atoms with Gasteiger partial charge in [0.05, 0.1) is 30.8 Å². The fourth-order valence-electron chi connectivity index (χ4n) is 3.19. The number of carbonyl (C=O) groups excluding carboxylic acids is 2. The van der Waals surface area contributed by atoms with Crippen LogP contribution in [0, 0.1) is 0 Å². The lowest BCUT2D eigenvalue weighted by Crippen LogP contribution is -2.47. The van der Waals surface area contributed by atoms with E-state index in [1.165, 1.54) is 24.1 Å². The third kappa shape index (κ3) is 4.25. The number of aromatic carboxylic acids is 1. The van der Waals surface area contributed by atoms with Gasteiger partial charge in [-0.2, -0.15) is 0 Å². The number of allylic oxidation sites excluding steroid dienone is 1. The zero-order valence-electron chi connectivity index (χ0n) is 15.8. The number of carbonyl (C=O) groups is 3. The van der Waals surface area contributed by atoms with Crippen LogP contribution in [0.2, 0.25) is 5.02 Å². The second-order valence-electron chi connectivity index (χ2n) is 6.51. The maximum atomic E-state index is 12.8. The van der Waals surface area contributed by atoms with Crippen LogP contribution in [0.15, 0.2) is 59.8 Å². The molecule has 150 valence electrons. The van der Waals surface area contributed by atoms with Gasteiger partial charge in [-0.05, 0) is 42.3 Å². The zero-order chi connectivity index (χ0) is 21.1. The first kappa shape index (κ1) is 20.4. The second-order valence-corrected chi connectivity index (χ2v) is 6.95. The number of nitrogens with zero attached hydrogens (tertiary/aromatic N) is 1. The molecule has 8 heteroatoms. The van der Waals surface area contributed by atoms with Crippen LogP contribution in [0.5, 0.6) is 0 Å². The van der Waals surface area contributed by atoms with E-state index in [4.69, 9.17) is 21.4 Å². The Hall–Kier alpha value is -3.32. The van der Waals surface area contributed by atoms with Gasteiger partial charge in [0, 0.05) is 10.7 Å². The van der Waals surface area contributed by atoms with Gasteiger partial charge in [0.2, 0.25) is 0 Å². The van der Waals surface area contributed by atoms with Crippen molar-refractivity contribution in [2.75, 3.05) is 7.11 Å². The summed E-state index contributed by atoms with van der Waals surface area (Å²) in [7, 11) is 1.28. The van der Waals surface area contributed by atoms with Crippen LogP contribution >= 0.6 is 11.6 Å². The maximum absolute atomic E-state index is 12.8. The average Bonchev–Trinajstić information content (AvgIpc) is 2.71. The fraction of sp³-hybridized carbons (Fsp3) is 0.190. The van der Waals surface area contributed by atoms with Crippen molar-refractivity contribution in [1.29, 1.82) is 0 Å². The van der Waals surface area contributed by atoms with Crippen LogP contribution in [0.1, 0.15) is 34.5 Å². The Balaban J connectivity index is 1.97. The summed E-state index contributed by atoms with van der Waals surface area (Å²) in [5, 5.41) is 12.4. The third-order valence-corrected chi connectivity index (χ3v) is 5.00. The highest BCUT2D eigenvalue weighted by Crippen LogP contribution is 2.32. The quantitative estimate of drug-likeness (QED) is 0.726.